The Morgan fingerprint density at radius 2 is 1.77 bits per heavy atom. The molecule has 110 valence electrons. The number of benzene rings is 2. The third kappa shape index (κ3) is 2.83. The second kappa shape index (κ2) is 5.73. The van der Waals surface area contributed by atoms with Crippen LogP contribution >= 0.6 is 0 Å². The average molecular weight is 296 g/mol. The fourth-order valence-corrected chi connectivity index (χ4v) is 2.09. The van der Waals surface area contributed by atoms with E-state index in [1.165, 1.54) is 12.1 Å². The number of carbonyl (C=O) groups is 2. The van der Waals surface area contributed by atoms with Gasteiger partial charge in [0.05, 0.1) is 0 Å². The summed E-state index contributed by atoms with van der Waals surface area (Å²) in [7, 11) is 0. The van der Waals surface area contributed by atoms with Gasteiger partial charge in [0.15, 0.2) is 0 Å². The minimum Gasteiger partial charge on any atom is -0.486 e. The van der Waals surface area contributed by atoms with Crippen LogP contribution in [0.4, 0.5) is 0 Å². The highest BCUT2D eigenvalue weighted by Crippen LogP contribution is 2.21. The van der Waals surface area contributed by atoms with E-state index in [1.54, 1.807) is 12.1 Å². The number of fused-ring (bicyclic) bond motifs is 1. The SMILES string of the molecule is O=C(O)C(=O)c1ccc(OCc2cc3ccccc3o2)cc1. The maximum Gasteiger partial charge on any atom is 0.377 e. The Kier molecular flexibility index (Phi) is 3.62. The third-order valence-electron chi connectivity index (χ3n) is 3.17. The minimum absolute atomic E-state index is 0.114. The van der Waals surface area contributed by atoms with Crippen LogP contribution in [0.3, 0.4) is 0 Å². The van der Waals surface area contributed by atoms with E-state index in [0.29, 0.717) is 11.5 Å². The second-order valence-electron chi connectivity index (χ2n) is 4.70. The zero-order chi connectivity index (χ0) is 15.5. The van der Waals surface area contributed by atoms with Crippen molar-refractivity contribution in [3.05, 3.63) is 65.9 Å². The van der Waals surface area contributed by atoms with Crippen LogP contribution in [0.1, 0.15) is 16.1 Å². The number of carbonyl (C=O) groups excluding carboxylic acids is 1. The molecule has 5 nitrogen and oxygen atoms in total. The summed E-state index contributed by atoms with van der Waals surface area (Å²) in [4.78, 5) is 21.9. The summed E-state index contributed by atoms with van der Waals surface area (Å²) < 4.78 is 11.2. The Balaban J connectivity index is 1.68. The summed E-state index contributed by atoms with van der Waals surface area (Å²) in [6.07, 6.45) is 0. The fourth-order valence-electron chi connectivity index (χ4n) is 2.09. The molecule has 0 bridgehead atoms. The number of ketones is 1. The number of para-hydroxylation sites is 1. The molecule has 5 heteroatoms. The first kappa shape index (κ1) is 13.9. The van der Waals surface area contributed by atoms with Crippen molar-refractivity contribution in [3.8, 4) is 5.75 Å². The second-order valence-corrected chi connectivity index (χ2v) is 4.70. The van der Waals surface area contributed by atoms with E-state index in [4.69, 9.17) is 14.3 Å². The summed E-state index contributed by atoms with van der Waals surface area (Å²) in [5.74, 6) is -1.20. The van der Waals surface area contributed by atoms with Crippen LogP contribution in [0, 0.1) is 0 Å². The summed E-state index contributed by atoms with van der Waals surface area (Å²) in [5, 5.41) is 9.64. The molecule has 2 aromatic carbocycles. The van der Waals surface area contributed by atoms with E-state index in [-0.39, 0.29) is 12.2 Å². The zero-order valence-corrected chi connectivity index (χ0v) is 11.5. The maximum atomic E-state index is 11.3. The van der Waals surface area contributed by atoms with Crippen LogP contribution in [0.15, 0.2) is 59.0 Å². The highest BCUT2D eigenvalue weighted by Gasteiger charge is 2.14. The number of hydrogen-bond donors (Lipinski definition) is 1. The molecule has 0 aliphatic rings. The van der Waals surface area contributed by atoms with Gasteiger partial charge >= 0.3 is 5.97 Å². The number of furan rings is 1. The van der Waals surface area contributed by atoms with E-state index in [2.05, 4.69) is 0 Å². The Labute approximate surface area is 125 Å². The van der Waals surface area contributed by atoms with Gasteiger partial charge in [-0.1, -0.05) is 18.2 Å². The topological polar surface area (TPSA) is 76.7 Å². The Morgan fingerprint density at radius 3 is 2.45 bits per heavy atom. The summed E-state index contributed by atoms with van der Waals surface area (Å²) in [5.41, 5.74) is 0.909. The molecule has 22 heavy (non-hydrogen) atoms. The zero-order valence-electron chi connectivity index (χ0n) is 11.5. The molecule has 3 aromatic rings. The number of rotatable bonds is 5. The van der Waals surface area contributed by atoms with Gasteiger partial charge in [-0.15, -0.1) is 0 Å². The van der Waals surface area contributed by atoms with Gasteiger partial charge in [0.1, 0.15) is 23.7 Å². The lowest BCUT2D eigenvalue weighted by Gasteiger charge is -2.04. The van der Waals surface area contributed by atoms with Gasteiger partial charge in [-0.25, -0.2) is 4.79 Å². The van der Waals surface area contributed by atoms with Crippen molar-refractivity contribution in [1.29, 1.82) is 0 Å². The van der Waals surface area contributed by atoms with Crippen molar-refractivity contribution in [1.82, 2.24) is 0 Å². The van der Waals surface area contributed by atoms with E-state index in [0.717, 1.165) is 11.0 Å². The van der Waals surface area contributed by atoms with Crippen molar-refractivity contribution < 1.29 is 23.8 Å². The largest absolute Gasteiger partial charge is 0.486 e. The van der Waals surface area contributed by atoms with Crippen LogP contribution < -0.4 is 4.74 Å². The molecule has 0 atom stereocenters. The minimum atomic E-state index is -1.48. The highest BCUT2D eigenvalue weighted by atomic mass is 16.5. The molecule has 0 saturated heterocycles. The van der Waals surface area contributed by atoms with Crippen molar-refractivity contribution in [2.24, 2.45) is 0 Å². The van der Waals surface area contributed by atoms with E-state index in [9.17, 15) is 9.59 Å². The first-order valence-corrected chi connectivity index (χ1v) is 6.61. The monoisotopic (exact) mass is 296 g/mol. The van der Waals surface area contributed by atoms with Gasteiger partial charge in [0.25, 0.3) is 5.78 Å². The molecule has 0 fully saturated rings. The van der Waals surface area contributed by atoms with Gasteiger partial charge < -0.3 is 14.3 Å². The van der Waals surface area contributed by atoms with Crippen LogP contribution in [-0.2, 0) is 11.4 Å². The highest BCUT2D eigenvalue weighted by molar-refractivity contribution is 6.39. The molecule has 0 radical (unpaired) electrons. The first-order chi connectivity index (χ1) is 10.6. The van der Waals surface area contributed by atoms with Gasteiger partial charge in [-0.05, 0) is 36.4 Å². The van der Waals surface area contributed by atoms with Crippen molar-refractivity contribution in [3.63, 3.8) is 0 Å². The van der Waals surface area contributed by atoms with Crippen LogP contribution in [-0.4, -0.2) is 16.9 Å². The number of hydrogen-bond acceptors (Lipinski definition) is 4. The lowest BCUT2D eigenvalue weighted by Crippen LogP contribution is -2.12. The van der Waals surface area contributed by atoms with Gasteiger partial charge in [-0.3, -0.25) is 4.79 Å². The van der Waals surface area contributed by atoms with Crippen molar-refractivity contribution in [2.75, 3.05) is 0 Å². The molecule has 1 aromatic heterocycles. The molecule has 0 unspecified atom stereocenters. The predicted octanol–water partition coefficient (Wildman–Crippen LogP) is 3.28. The number of carboxylic acid groups (broad SMARTS) is 1. The molecule has 0 amide bonds. The third-order valence-corrected chi connectivity index (χ3v) is 3.17. The van der Waals surface area contributed by atoms with Crippen LogP contribution in [0.25, 0.3) is 11.0 Å². The lowest BCUT2D eigenvalue weighted by molar-refractivity contribution is -0.131. The number of aliphatic carboxylic acids is 1. The fraction of sp³-hybridized carbons (Fsp3) is 0.0588. The smallest absolute Gasteiger partial charge is 0.377 e. The normalized spacial score (nSPS) is 10.5. The number of Topliss-reactive ketones (excluding diaryl/α,β-unsaturated/α-hetero) is 1. The van der Waals surface area contributed by atoms with Gasteiger partial charge in [0, 0.05) is 10.9 Å². The molecular weight excluding hydrogens is 284 g/mol. The van der Waals surface area contributed by atoms with Crippen LogP contribution in [0.2, 0.25) is 0 Å². The lowest BCUT2D eigenvalue weighted by atomic mass is 10.1. The molecule has 0 aliphatic heterocycles. The molecule has 1 heterocycles. The number of carboxylic acids is 1. The standard InChI is InChI=1S/C17H12O5/c18-16(17(19)20)11-5-7-13(8-6-11)21-10-14-9-12-3-1-2-4-15(12)22-14/h1-9H,10H2,(H,19,20). The Hall–Kier alpha value is -3.08. The molecular formula is C17H12O5. The average Bonchev–Trinajstić information content (AvgIpc) is 2.95. The van der Waals surface area contributed by atoms with E-state index >= 15 is 0 Å². The Morgan fingerprint density at radius 1 is 1.05 bits per heavy atom. The number of ether oxygens (including phenoxy) is 1. The van der Waals surface area contributed by atoms with Gasteiger partial charge in [-0.2, -0.15) is 0 Å². The quantitative estimate of drug-likeness (QED) is 0.577. The maximum absolute atomic E-state index is 11.3. The Bertz CT molecular complexity index is 797. The van der Waals surface area contributed by atoms with E-state index < -0.39 is 11.8 Å². The van der Waals surface area contributed by atoms with E-state index in [1.807, 2.05) is 30.3 Å². The molecule has 1 N–H and O–H groups in total. The molecule has 0 saturated carbocycles. The predicted molar refractivity (Wildman–Crippen MR) is 79.0 cm³/mol. The first-order valence-electron chi connectivity index (χ1n) is 6.61. The van der Waals surface area contributed by atoms with Crippen molar-refractivity contribution in [2.45, 2.75) is 6.61 Å². The van der Waals surface area contributed by atoms with Crippen LogP contribution in [0.5, 0.6) is 5.75 Å². The summed E-state index contributed by atoms with van der Waals surface area (Å²) >= 11 is 0. The molecule has 0 aliphatic carbocycles. The summed E-state index contributed by atoms with van der Waals surface area (Å²) in [6, 6.07) is 15.5. The molecule has 3 rings (SSSR count). The summed E-state index contributed by atoms with van der Waals surface area (Å²) in [6.45, 7) is 0.251. The van der Waals surface area contributed by atoms with Gasteiger partial charge in [0.2, 0.25) is 0 Å². The molecule has 0 spiro atoms. The van der Waals surface area contributed by atoms with Crippen molar-refractivity contribution >= 4 is 22.7 Å².